The minimum Gasteiger partial charge on any atom is -0.381 e. The molecule has 2 saturated heterocycles. The lowest BCUT2D eigenvalue weighted by molar-refractivity contribution is -0.181. The van der Waals surface area contributed by atoms with Crippen molar-refractivity contribution in [1.29, 1.82) is 0 Å². The summed E-state index contributed by atoms with van der Waals surface area (Å²) in [4.78, 5) is 41.9. The van der Waals surface area contributed by atoms with Crippen molar-refractivity contribution in [3.05, 3.63) is 35.4 Å². The van der Waals surface area contributed by atoms with E-state index in [2.05, 4.69) is 0 Å². The van der Waals surface area contributed by atoms with E-state index < -0.39 is 23.9 Å². The molecule has 0 spiro atoms. The van der Waals surface area contributed by atoms with Crippen molar-refractivity contribution >= 4 is 17.8 Å². The Morgan fingerprint density at radius 1 is 1.13 bits per heavy atom. The standard InChI is InChI=1S/C16H15NO6/c18-14-11-3-1-2-4-12(11)15(19)17(14)23-16(20)13-10-5-6-21-7-9(10)8-22-13/h1-4,9-10,13H,5-8H2/t9-,10-,13+/m0/s1. The van der Waals surface area contributed by atoms with Crippen LogP contribution in [0.15, 0.2) is 24.3 Å². The molecule has 0 N–H and O–H groups in total. The first-order valence-corrected chi connectivity index (χ1v) is 7.56. The van der Waals surface area contributed by atoms with Crippen LogP contribution >= 0.6 is 0 Å². The lowest BCUT2D eigenvalue weighted by atomic mass is 9.87. The first kappa shape index (κ1) is 14.3. The van der Waals surface area contributed by atoms with Gasteiger partial charge in [0.15, 0.2) is 6.10 Å². The normalized spacial score (nSPS) is 29.4. The molecule has 0 aromatic heterocycles. The Balaban J connectivity index is 1.50. The van der Waals surface area contributed by atoms with Gasteiger partial charge >= 0.3 is 5.97 Å². The van der Waals surface area contributed by atoms with Crippen molar-refractivity contribution in [2.75, 3.05) is 19.8 Å². The van der Waals surface area contributed by atoms with Crippen LogP contribution in [0, 0.1) is 11.8 Å². The quantitative estimate of drug-likeness (QED) is 0.750. The highest BCUT2D eigenvalue weighted by atomic mass is 16.7. The molecule has 7 nitrogen and oxygen atoms in total. The Hall–Kier alpha value is -2.25. The summed E-state index contributed by atoms with van der Waals surface area (Å²) in [5, 5.41) is 0.531. The van der Waals surface area contributed by atoms with Crippen molar-refractivity contribution in [3.63, 3.8) is 0 Å². The molecule has 1 aromatic carbocycles. The fraction of sp³-hybridized carbons (Fsp3) is 0.438. The summed E-state index contributed by atoms with van der Waals surface area (Å²) in [7, 11) is 0. The molecule has 1 aromatic rings. The van der Waals surface area contributed by atoms with Gasteiger partial charge in [-0.1, -0.05) is 17.2 Å². The molecule has 3 aliphatic heterocycles. The van der Waals surface area contributed by atoms with Gasteiger partial charge in [0, 0.05) is 18.4 Å². The average molecular weight is 317 g/mol. The topological polar surface area (TPSA) is 82.1 Å². The maximum atomic E-state index is 12.4. The number of hydrogen-bond donors (Lipinski definition) is 0. The van der Waals surface area contributed by atoms with Crippen LogP contribution in [0.25, 0.3) is 0 Å². The Kier molecular flexibility index (Phi) is 3.39. The van der Waals surface area contributed by atoms with Crippen molar-refractivity contribution in [2.45, 2.75) is 12.5 Å². The van der Waals surface area contributed by atoms with Gasteiger partial charge in [0.1, 0.15) is 0 Å². The van der Waals surface area contributed by atoms with Crippen LogP contribution in [0.5, 0.6) is 0 Å². The minimum absolute atomic E-state index is 0.00596. The SMILES string of the molecule is O=C(ON1C(=O)c2ccccc2C1=O)[C@@H]1OC[C@@H]2COCC[C@@H]21. The number of ether oxygens (including phenoxy) is 2. The van der Waals surface area contributed by atoms with Gasteiger partial charge in [-0.2, -0.15) is 0 Å². The molecule has 0 bridgehead atoms. The van der Waals surface area contributed by atoms with Gasteiger partial charge in [-0.05, 0) is 18.6 Å². The second-order valence-electron chi connectivity index (χ2n) is 5.90. The third-order valence-corrected chi connectivity index (χ3v) is 4.58. The zero-order valence-corrected chi connectivity index (χ0v) is 12.3. The summed E-state index contributed by atoms with van der Waals surface area (Å²) in [6.07, 6.45) is -0.0553. The van der Waals surface area contributed by atoms with Gasteiger partial charge < -0.3 is 14.3 Å². The number of fused-ring (bicyclic) bond motifs is 2. The maximum absolute atomic E-state index is 12.4. The molecule has 4 rings (SSSR count). The molecule has 0 aliphatic carbocycles. The molecule has 0 saturated carbocycles. The number of hydroxylamine groups is 2. The van der Waals surface area contributed by atoms with E-state index in [9.17, 15) is 14.4 Å². The summed E-state index contributed by atoms with van der Waals surface area (Å²) in [5.41, 5.74) is 0.475. The summed E-state index contributed by atoms with van der Waals surface area (Å²) in [6, 6.07) is 6.37. The Labute approximate surface area is 132 Å². The highest BCUT2D eigenvalue weighted by molar-refractivity contribution is 6.20. The largest absolute Gasteiger partial charge is 0.381 e. The number of imide groups is 1. The number of carbonyl (C=O) groups is 3. The molecule has 0 radical (unpaired) electrons. The van der Waals surface area contributed by atoms with Crippen molar-refractivity contribution in [3.8, 4) is 0 Å². The third-order valence-electron chi connectivity index (χ3n) is 4.58. The first-order chi connectivity index (χ1) is 11.2. The van der Waals surface area contributed by atoms with Crippen LogP contribution in [0.4, 0.5) is 0 Å². The molecule has 3 aliphatic rings. The van der Waals surface area contributed by atoms with Crippen molar-refractivity contribution in [2.24, 2.45) is 11.8 Å². The van der Waals surface area contributed by atoms with E-state index in [1.165, 1.54) is 12.1 Å². The molecular formula is C16H15NO6. The van der Waals surface area contributed by atoms with Crippen molar-refractivity contribution in [1.82, 2.24) is 5.06 Å². The van der Waals surface area contributed by atoms with Crippen LogP contribution in [0.2, 0.25) is 0 Å². The molecule has 3 atom stereocenters. The van der Waals surface area contributed by atoms with E-state index in [0.29, 0.717) is 31.3 Å². The Morgan fingerprint density at radius 3 is 2.52 bits per heavy atom. The fourth-order valence-electron chi connectivity index (χ4n) is 3.37. The number of hydrogen-bond acceptors (Lipinski definition) is 6. The van der Waals surface area contributed by atoms with E-state index in [4.69, 9.17) is 14.3 Å². The smallest absolute Gasteiger partial charge is 0.361 e. The molecular weight excluding hydrogens is 302 g/mol. The van der Waals surface area contributed by atoms with E-state index in [1.807, 2.05) is 0 Å². The van der Waals surface area contributed by atoms with E-state index in [-0.39, 0.29) is 23.0 Å². The summed E-state index contributed by atoms with van der Waals surface area (Å²) >= 11 is 0. The number of carbonyl (C=O) groups excluding carboxylic acids is 3. The Bertz CT molecular complexity index is 652. The van der Waals surface area contributed by atoms with Crippen molar-refractivity contribution < 1.29 is 28.7 Å². The summed E-state index contributed by atoms with van der Waals surface area (Å²) in [6.45, 7) is 1.55. The summed E-state index contributed by atoms with van der Waals surface area (Å²) in [5.74, 6) is -1.79. The molecule has 0 unspecified atom stereocenters. The number of rotatable bonds is 2. The van der Waals surface area contributed by atoms with Gasteiger partial charge in [-0.25, -0.2) is 4.79 Å². The van der Waals surface area contributed by atoms with Gasteiger partial charge in [-0.3, -0.25) is 9.59 Å². The molecule has 3 heterocycles. The van der Waals surface area contributed by atoms with E-state index in [0.717, 1.165) is 0 Å². The minimum atomic E-state index is -0.756. The third kappa shape index (κ3) is 2.24. The lowest BCUT2D eigenvalue weighted by Crippen LogP contribution is -2.40. The van der Waals surface area contributed by atoms with Gasteiger partial charge in [-0.15, -0.1) is 0 Å². The molecule has 2 fully saturated rings. The highest BCUT2D eigenvalue weighted by Crippen LogP contribution is 2.34. The number of benzene rings is 1. The number of amides is 2. The van der Waals surface area contributed by atoms with E-state index >= 15 is 0 Å². The van der Waals surface area contributed by atoms with Gasteiger partial charge in [0.2, 0.25) is 0 Å². The van der Waals surface area contributed by atoms with Crippen LogP contribution < -0.4 is 0 Å². The zero-order chi connectivity index (χ0) is 16.0. The molecule has 2 amide bonds. The van der Waals surface area contributed by atoms with E-state index in [1.54, 1.807) is 12.1 Å². The predicted octanol–water partition coefficient (Wildman–Crippen LogP) is 0.792. The Morgan fingerprint density at radius 2 is 1.83 bits per heavy atom. The van der Waals surface area contributed by atoms with Crippen LogP contribution in [0.1, 0.15) is 27.1 Å². The second kappa shape index (κ2) is 5.43. The second-order valence-corrected chi connectivity index (χ2v) is 5.90. The molecule has 23 heavy (non-hydrogen) atoms. The first-order valence-electron chi connectivity index (χ1n) is 7.56. The molecule has 7 heteroatoms. The highest BCUT2D eigenvalue weighted by Gasteiger charge is 2.46. The average Bonchev–Trinajstić information content (AvgIpc) is 3.11. The van der Waals surface area contributed by atoms with Crippen LogP contribution in [-0.4, -0.2) is 48.8 Å². The monoisotopic (exact) mass is 317 g/mol. The number of nitrogens with zero attached hydrogens (tertiary/aromatic N) is 1. The fourth-order valence-corrected chi connectivity index (χ4v) is 3.37. The van der Waals surface area contributed by atoms with Crippen LogP contribution in [-0.2, 0) is 19.1 Å². The predicted molar refractivity (Wildman–Crippen MR) is 75.2 cm³/mol. The van der Waals surface area contributed by atoms with Crippen LogP contribution in [0.3, 0.4) is 0 Å². The summed E-state index contributed by atoms with van der Waals surface area (Å²) < 4.78 is 10.9. The molecule has 120 valence electrons. The lowest BCUT2D eigenvalue weighted by Gasteiger charge is -2.26. The van der Waals surface area contributed by atoms with Gasteiger partial charge in [0.25, 0.3) is 11.8 Å². The zero-order valence-electron chi connectivity index (χ0n) is 12.3. The maximum Gasteiger partial charge on any atom is 0.361 e. The van der Waals surface area contributed by atoms with Gasteiger partial charge in [0.05, 0.1) is 24.3 Å².